The normalized spacial score (nSPS) is 13.0. The Morgan fingerprint density at radius 3 is 1.82 bits per heavy atom. The quantitative estimate of drug-likeness (QED) is 0.466. The van der Waals surface area contributed by atoms with Crippen molar-refractivity contribution in [1.29, 1.82) is 0 Å². The first-order valence-corrected chi connectivity index (χ1v) is 6.00. The SMILES string of the molecule is O=C(Nc1ccc(N([O-])O)cc1)C(Br)(C(F)(F)F)C(F)(F)F. The van der Waals surface area contributed by atoms with Gasteiger partial charge in [-0.05, 0) is 24.3 Å². The summed E-state index contributed by atoms with van der Waals surface area (Å²) in [6, 6.07) is 3.43. The van der Waals surface area contributed by atoms with E-state index < -0.39 is 33.5 Å². The zero-order valence-electron chi connectivity index (χ0n) is 10.2. The fourth-order valence-electron chi connectivity index (χ4n) is 1.31. The zero-order valence-corrected chi connectivity index (χ0v) is 11.8. The Labute approximate surface area is 127 Å². The standard InChI is InChI=1S/C10H6BrF6N2O3/c11-8(9(12,13)14,10(15,16)17)7(20)18-5-1-3-6(4-2-5)19(21)22/h1-4,21H,(H,18,20)/q-1. The highest BCUT2D eigenvalue weighted by Crippen LogP contribution is 2.50. The molecule has 0 aromatic heterocycles. The number of alkyl halides is 7. The van der Waals surface area contributed by atoms with Gasteiger partial charge in [-0.15, -0.1) is 0 Å². The predicted octanol–water partition coefficient (Wildman–Crippen LogP) is 3.58. The molecule has 0 saturated heterocycles. The Bertz CT molecular complexity index is 529. The molecular weight excluding hydrogens is 390 g/mol. The number of carbonyl (C=O) groups excluding carboxylic acids is 1. The highest BCUT2D eigenvalue weighted by molar-refractivity contribution is 9.10. The first-order valence-electron chi connectivity index (χ1n) is 5.20. The van der Waals surface area contributed by atoms with E-state index in [1.54, 1.807) is 0 Å². The number of hydrogen-bond acceptors (Lipinski definition) is 4. The molecule has 1 aromatic rings. The van der Waals surface area contributed by atoms with Crippen molar-refractivity contribution in [2.75, 3.05) is 10.5 Å². The van der Waals surface area contributed by atoms with Crippen LogP contribution in [-0.4, -0.2) is 27.8 Å². The van der Waals surface area contributed by atoms with E-state index in [0.29, 0.717) is 0 Å². The topological polar surface area (TPSA) is 75.6 Å². The van der Waals surface area contributed by atoms with E-state index in [1.165, 1.54) is 21.2 Å². The van der Waals surface area contributed by atoms with Gasteiger partial charge in [0.05, 0.1) is 5.69 Å². The summed E-state index contributed by atoms with van der Waals surface area (Å²) in [5, 5.41) is 19.9. The van der Waals surface area contributed by atoms with Crippen LogP contribution in [0.15, 0.2) is 24.3 Å². The summed E-state index contributed by atoms with van der Waals surface area (Å²) in [6.07, 6.45) is -11.9. The molecule has 1 aromatic carbocycles. The molecule has 0 fully saturated rings. The van der Waals surface area contributed by atoms with E-state index in [2.05, 4.69) is 0 Å². The first-order chi connectivity index (χ1) is 9.80. The lowest BCUT2D eigenvalue weighted by atomic mass is 10.1. The molecule has 1 amide bonds. The van der Waals surface area contributed by atoms with Gasteiger partial charge >= 0.3 is 12.4 Å². The summed E-state index contributed by atoms with van der Waals surface area (Å²) >= 11 is 1.43. The van der Waals surface area contributed by atoms with Crippen LogP contribution in [-0.2, 0) is 4.79 Å². The van der Waals surface area contributed by atoms with Gasteiger partial charge in [0, 0.05) is 5.69 Å². The molecule has 1 rings (SSSR count). The summed E-state index contributed by atoms with van der Waals surface area (Å²) in [7, 11) is 0. The molecule has 5 nitrogen and oxygen atoms in total. The molecule has 0 spiro atoms. The Morgan fingerprint density at radius 2 is 1.50 bits per heavy atom. The average molecular weight is 396 g/mol. The number of anilines is 2. The van der Waals surface area contributed by atoms with Gasteiger partial charge in [0.15, 0.2) is 0 Å². The van der Waals surface area contributed by atoms with E-state index in [9.17, 15) is 36.3 Å². The summed E-state index contributed by atoms with van der Waals surface area (Å²) < 4.78 is 70.9. The number of halogens is 7. The minimum Gasteiger partial charge on any atom is -0.733 e. The summed E-state index contributed by atoms with van der Waals surface area (Å²) in [5.41, 5.74) is -0.775. The maximum atomic E-state index is 12.6. The molecule has 0 radical (unpaired) electrons. The lowest BCUT2D eigenvalue weighted by molar-refractivity contribution is -0.253. The van der Waals surface area contributed by atoms with Gasteiger partial charge in [-0.2, -0.15) is 26.3 Å². The first kappa shape index (κ1) is 18.5. The monoisotopic (exact) mass is 395 g/mol. The molecule has 0 heterocycles. The maximum Gasteiger partial charge on any atom is 0.421 e. The second-order valence-electron chi connectivity index (χ2n) is 3.93. The molecule has 22 heavy (non-hydrogen) atoms. The largest absolute Gasteiger partial charge is 0.733 e. The van der Waals surface area contributed by atoms with Crippen LogP contribution in [0.1, 0.15) is 0 Å². The van der Waals surface area contributed by atoms with Crippen LogP contribution in [0.3, 0.4) is 0 Å². The highest BCUT2D eigenvalue weighted by atomic mass is 79.9. The maximum absolute atomic E-state index is 12.6. The number of amides is 1. The third kappa shape index (κ3) is 3.44. The predicted molar refractivity (Wildman–Crippen MR) is 66.5 cm³/mol. The number of benzene rings is 1. The van der Waals surface area contributed by atoms with Gasteiger partial charge in [0.25, 0.3) is 10.2 Å². The van der Waals surface area contributed by atoms with Crippen molar-refractivity contribution in [2.24, 2.45) is 0 Å². The number of nitrogens with one attached hydrogen (secondary N) is 1. The third-order valence-electron chi connectivity index (χ3n) is 2.44. The van der Waals surface area contributed by atoms with Gasteiger partial charge in [-0.3, -0.25) is 10.0 Å². The van der Waals surface area contributed by atoms with Crippen molar-refractivity contribution in [3.8, 4) is 0 Å². The van der Waals surface area contributed by atoms with Crippen LogP contribution in [0.2, 0.25) is 0 Å². The van der Waals surface area contributed by atoms with E-state index in [4.69, 9.17) is 5.21 Å². The van der Waals surface area contributed by atoms with Gasteiger partial charge < -0.3 is 15.8 Å². The summed E-state index contributed by atoms with van der Waals surface area (Å²) in [6.45, 7) is 0. The minimum atomic E-state index is -5.94. The second-order valence-corrected chi connectivity index (χ2v) is 5.12. The van der Waals surface area contributed by atoms with Crippen LogP contribution in [0.25, 0.3) is 0 Å². The molecule has 2 N–H and O–H groups in total. The molecule has 0 unspecified atom stereocenters. The summed E-state index contributed by atoms with van der Waals surface area (Å²) in [5.74, 6) is -2.40. The minimum absolute atomic E-state index is 0.338. The lowest BCUT2D eigenvalue weighted by Crippen LogP contribution is -2.59. The average Bonchev–Trinajstić information content (AvgIpc) is 2.35. The molecule has 0 aliphatic carbocycles. The lowest BCUT2D eigenvalue weighted by Gasteiger charge is -2.30. The van der Waals surface area contributed by atoms with Crippen LogP contribution < -0.4 is 10.5 Å². The van der Waals surface area contributed by atoms with Crippen molar-refractivity contribution in [2.45, 2.75) is 16.7 Å². The molecule has 124 valence electrons. The molecule has 0 bridgehead atoms. The second kappa shape index (κ2) is 5.93. The number of nitrogens with zero attached hydrogens (tertiary/aromatic N) is 1. The van der Waals surface area contributed by atoms with E-state index in [1.807, 2.05) is 0 Å². The van der Waals surface area contributed by atoms with Gasteiger partial charge in [0.1, 0.15) is 0 Å². The van der Waals surface area contributed by atoms with Gasteiger partial charge in [-0.1, -0.05) is 15.9 Å². The van der Waals surface area contributed by atoms with E-state index in [0.717, 1.165) is 24.3 Å². The third-order valence-corrected chi connectivity index (χ3v) is 3.70. The van der Waals surface area contributed by atoms with Crippen molar-refractivity contribution < 1.29 is 36.3 Å². The number of rotatable bonds is 3. The van der Waals surface area contributed by atoms with E-state index >= 15 is 0 Å². The van der Waals surface area contributed by atoms with E-state index in [-0.39, 0.29) is 5.69 Å². The Kier molecular flexibility index (Phi) is 4.99. The van der Waals surface area contributed by atoms with Gasteiger partial charge in [0.2, 0.25) is 0 Å². The van der Waals surface area contributed by atoms with Crippen LogP contribution in [0.5, 0.6) is 0 Å². The molecular formula is C10H6BrF6N2O3-. The number of carbonyl (C=O) groups is 1. The number of hydrogen-bond donors (Lipinski definition) is 2. The smallest absolute Gasteiger partial charge is 0.421 e. The fraction of sp³-hybridized carbons (Fsp3) is 0.300. The Hall–Kier alpha value is -1.53. The molecule has 0 aliphatic heterocycles. The van der Waals surface area contributed by atoms with Crippen LogP contribution >= 0.6 is 15.9 Å². The highest BCUT2D eigenvalue weighted by Gasteiger charge is 2.74. The van der Waals surface area contributed by atoms with Gasteiger partial charge in [-0.25, -0.2) is 0 Å². The van der Waals surface area contributed by atoms with Crippen molar-refractivity contribution >= 4 is 33.2 Å². The Morgan fingerprint density at radius 1 is 1.09 bits per heavy atom. The van der Waals surface area contributed by atoms with Crippen LogP contribution in [0, 0.1) is 5.21 Å². The fourth-order valence-corrected chi connectivity index (χ4v) is 1.41. The van der Waals surface area contributed by atoms with Crippen molar-refractivity contribution in [3.05, 3.63) is 29.5 Å². The van der Waals surface area contributed by atoms with Crippen molar-refractivity contribution in [3.63, 3.8) is 0 Å². The zero-order chi connectivity index (χ0) is 17.3. The van der Waals surface area contributed by atoms with Crippen molar-refractivity contribution in [1.82, 2.24) is 0 Å². The van der Waals surface area contributed by atoms with Crippen LogP contribution in [0.4, 0.5) is 37.7 Å². The molecule has 12 heteroatoms. The molecule has 0 atom stereocenters. The Balaban J connectivity index is 3.08. The summed E-state index contributed by atoms with van der Waals surface area (Å²) in [4.78, 5) is 11.4. The molecule has 0 saturated carbocycles. The molecule has 0 aliphatic rings.